The average molecular weight is 129 g/mol. The Hall–Kier alpha value is -0.0800. The Bertz CT molecular complexity index is 77.0. The molecular formula is C7H15NO. The van der Waals surface area contributed by atoms with E-state index in [1.165, 1.54) is 12.8 Å². The van der Waals surface area contributed by atoms with E-state index in [1.807, 2.05) is 0 Å². The monoisotopic (exact) mass is 129 g/mol. The van der Waals surface area contributed by atoms with E-state index in [0.717, 1.165) is 13.2 Å². The Morgan fingerprint density at radius 2 is 2.33 bits per heavy atom. The van der Waals surface area contributed by atoms with Crippen LogP contribution in [0.3, 0.4) is 0 Å². The summed E-state index contributed by atoms with van der Waals surface area (Å²) in [5, 5.41) is 0. The van der Waals surface area contributed by atoms with Crippen molar-refractivity contribution in [3.05, 3.63) is 0 Å². The van der Waals surface area contributed by atoms with Crippen molar-refractivity contribution in [2.45, 2.75) is 25.9 Å². The molecule has 1 aliphatic heterocycles. The molecule has 2 nitrogen and oxygen atoms in total. The van der Waals surface area contributed by atoms with Crippen LogP contribution in [0.4, 0.5) is 0 Å². The van der Waals surface area contributed by atoms with Gasteiger partial charge in [0.05, 0.1) is 12.7 Å². The second kappa shape index (κ2) is 3.18. The Kier molecular flexibility index (Phi) is 2.49. The smallest absolute Gasteiger partial charge is 0.0547 e. The highest BCUT2D eigenvalue weighted by Gasteiger charge is 2.16. The van der Waals surface area contributed by atoms with Gasteiger partial charge in [0.1, 0.15) is 0 Å². The van der Waals surface area contributed by atoms with Gasteiger partial charge in [0.25, 0.3) is 0 Å². The summed E-state index contributed by atoms with van der Waals surface area (Å²) < 4.78 is 5.40. The fraction of sp³-hybridized carbons (Fsp3) is 1.00. The van der Waals surface area contributed by atoms with Gasteiger partial charge in [-0.3, -0.25) is 0 Å². The minimum Gasteiger partial charge on any atom is -0.378 e. The van der Waals surface area contributed by atoms with Crippen molar-refractivity contribution < 1.29 is 4.74 Å². The summed E-state index contributed by atoms with van der Waals surface area (Å²) in [7, 11) is 0. The summed E-state index contributed by atoms with van der Waals surface area (Å²) in [5.74, 6) is 0.626. The zero-order chi connectivity index (χ0) is 6.69. The first-order valence-corrected chi connectivity index (χ1v) is 3.64. The molecule has 0 aliphatic carbocycles. The molecule has 1 heterocycles. The molecule has 0 aromatic heterocycles. The molecule has 0 aromatic rings. The van der Waals surface area contributed by atoms with Gasteiger partial charge in [0.15, 0.2) is 0 Å². The molecule has 1 rings (SSSR count). The molecule has 0 aromatic carbocycles. The van der Waals surface area contributed by atoms with E-state index in [1.54, 1.807) is 0 Å². The van der Waals surface area contributed by atoms with Crippen LogP contribution in [0.25, 0.3) is 0 Å². The summed E-state index contributed by atoms with van der Waals surface area (Å²) in [6.07, 6.45) is 2.90. The second-order valence-electron chi connectivity index (χ2n) is 2.82. The zero-order valence-corrected chi connectivity index (χ0v) is 5.97. The summed E-state index contributed by atoms with van der Waals surface area (Å²) >= 11 is 0. The lowest BCUT2D eigenvalue weighted by molar-refractivity contribution is -0.00228. The predicted octanol–water partition coefficient (Wildman–Crippen LogP) is 0.760. The second-order valence-corrected chi connectivity index (χ2v) is 2.82. The molecule has 0 radical (unpaired) electrons. The molecule has 0 spiro atoms. The number of hydrogen-bond donors (Lipinski definition) is 1. The largest absolute Gasteiger partial charge is 0.378 e. The Balaban J connectivity index is 2.18. The molecule has 2 atom stereocenters. The minimum atomic E-state index is 0.466. The quantitative estimate of drug-likeness (QED) is 0.567. The maximum absolute atomic E-state index is 5.47. The summed E-state index contributed by atoms with van der Waals surface area (Å²) in [4.78, 5) is 0. The average Bonchev–Trinajstić information content (AvgIpc) is 1.90. The van der Waals surface area contributed by atoms with Gasteiger partial charge in [-0.05, 0) is 32.2 Å². The summed E-state index contributed by atoms with van der Waals surface area (Å²) in [5.41, 5.74) is 5.47. The van der Waals surface area contributed by atoms with Crippen LogP contribution in [0.15, 0.2) is 0 Å². The van der Waals surface area contributed by atoms with Crippen molar-refractivity contribution in [1.82, 2.24) is 0 Å². The van der Waals surface area contributed by atoms with Gasteiger partial charge in [-0.15, -0.1) is 0 Å². The van der Waals surface area contributed by atoms with E-state index < -0.39 is 0 Å². The molecule has 1 fully saturated rings. The number of hydrogen-bond acceptors (Lipinski definition) is 2. The van der Waals surface area contributed by atoms with Crippen LogP contribution in [0.5, 0.6) is 0 Å². The molecule has 54 valence electrons. The summed E-state index contributed by atoms with van der Waals surface area (Å²) in [6, 6.07) is 0. The molecule has 1 aliphatic rings. The van der Waals surface area contributed by atoms with Crippen molar-refractivity contribution in [2.24, 2.45) is 11.7 Å². The van der Waals surface area contributed by atoms with Gasteiger partial charge in [-0.2, -0.15) is 0 Å². The molecule has 0 bridgehead atoms. The fourth-order valence-corrected chi connectivity index (χ4v) is 1.12. The van der Waals surface area contributed by atoms with Crippen LogP contribution in [0, 0.1) is 5.92 Å². The third kappa shape index (κ3) is 1.95. The van der Waals surface area contributed by atoms with E-state index in [4.69, 9.17) is 10.5 Å². The molecule has 0 unspecified atom stereocenters. The highest BCUT2D eigenvalue weighted by atomic mass is 16.5. The molecule has 1 saturated heterocycles. The van der Waals surface area contributed by atoms with Crippen LogP contribution in [-0.2, 0) is 4.74 Å². The molecule has 2 heteroatoms. The maximum atomic E-state index is 5.47. The standard InChI is InChI=1S/C7H15NO/c1-6-2-3-7(4-8)5-9-6/h6-7H,2-5,8H2,1H3/t6-,7+/m1/s1. The topological polar surface area (TPSA) is 35.2 Å². The number of rotatable bonds is 1. The highest BCUT2D eigenvalue weighted by Crippen LogP contribution is 2.16. The first-order chi connectivity index (χ1) is 4.33. The number of ether oxygens (including phenoxy) is 1. The van der Waals surface area contributed by atoms with E-state index >= 15 is 0 Å². The highest BCUT2D eigenvalue weighted by molar-refractivity contribution is 4.67. The van der Waals surface area contributed by atoms with Crippen molar-refractivity contribution in [1.29, 1.82) is 0 Å². The first-order valence-electron chi connectivity index (χ1n) is 3.64. The van der Waals surface area contributed by atoms with Crippen molar-refractivity contribution >= 4 is 0 Å². The van der Waals surface area contributed by atoms with Gasteiger partial charge >= 0.3 is 0 Å². The Labute approximate surface area is 56.4 Å². The van der Waals surface area contributed by atoms with E-state index in [-0.39, 0.29) is 0 Å². The zero-order valence-electron chi connectivity index (χ0n) is 5.97. The molecule has 0 saturated carbocycles. The fourth-order valence-electron chi connectivity index (χ4n) is 1.12. The van der Waals surface area contributed by atoms with Crippen molar-refractivity contribution in [3.8, 4) is 0 Å². The first kappa shape index (κ1) is 7.03. The lowest BCUT2D eigenvalue weighted by atomic mass is 10.00. The van der Waals surface area contributed by atoms with Crippen LogP contribution in [0.1, 0.15) is 19.8 Å². The lowest BCUT2D eigenvalue weighted by Crippen LogP contribution is -2.28. The molecule has 0 amide bonds. The van der Waals surface area contributed by atoms with E-state index in [2.05, 4.69) is 6.92 Å². The van der Waals surface area contributed by atoms with Crippen LogP contribution in [0.2, 0.25) is 0 Å². The third-order valence-corrected chi connectivity index (χ3v) is 1.93. The van der Waals surface area contributed by atoms with Crippen LogP contribution < -0.4 is 5.73 Å². The van der Waals surface area contributed by atoms with Gasteiger partial charge in [-0.25, -0.2) is 0 Å². The Morgan fingerprint density at radius 1 is 1.56 bits per heavy atom. The predicted molar refractivity (Wildman–Crippen MR) is 37.2 cm³/mol. The third-order valence-electron chi connectivity index (χ3n) is 1.93. The van der Waals surface area contributed by atoms with Crippen molar-refractivity contribution in [2.75, 3.05) is 13.2 Å². The minimum absolute atomic E-state index is 0.466. The van der Waals surface area contributed by atoms with Gasteiger partial charge in [0, 0.05) is 0 Å². The summed E-state index contributed by atoms with van der Waals surface area (Å²) in [6.45, 7) is 3.77. The van der Waals surface area contributed by atoms with Gasteiger partial charge in [0.2, 0.25) is 0 Å². The molecule has 2 N–H and O–H groups in total. The molecule has 9 heavy (non-hydrogen) atoms. The van der Waals surface area contributed by atoms with Crippen molar-refractivity contribution in [3.63, 3.8) is 0 Å². The van der Waals surface area contributed by atoms with Crippen LogP contribution in [-0.4, -0.2) is 19.3 Å². The maximum Gasteiger partial charge on any atom is 0.0547 e. The normalized spacial score (nSPS) is 36.7. The Morgan fingerprint density at radius 3 is 2.78 bits per heavy atom. The number of nitrogens with two attached hydrogens (primary N) is 1. The SMILES string of the molecule is C[C@@H]1CC[C@@H](CN)CO1. The van der Waals surface area contributed by atoms with Gasteiger partial charge < -0.3 is 10.5 Å². The lowest BCUT2D eigenvalue weighted by Gasteiger charge is -2.25. The van der Waals surface area contributed by atoms with E-state index in [0.29, 0.717) is 12.0 Å². The van der Waals surface area contributed by atoms with Crippen LogP contribution >= 0.6 is 0 Å². The van der Waals surface area contributed by atoms with E-state index in [9.17, 15) is 0 Å². The van der Waals surface area contributed by atoms with Gasteiger partial charge in [-0.1, -0.05) is 0 Å². The molecular weight excluding hydrogens is 114 g/mol.